The predicted molar refractivity (Wildman–Crippen MR) is 119 cm³/mol. The molecule has 0 amide bonds. The molecular formula is C25H33N3. The standard InChI is InChI=1S/C25H33N3/c1-19-9-10-24-23(17-19)20(18-27-24)13-16-26-22-11-14-25(15-12-22,28(2)3)21-7-5-4-6-8-21/h4-10,17-18,22,26-27H,11-16H2,1-3H3. The van der Waals surface area contributed by atoms with Gasteiger partial charge in [-0.05, 0) is 82.9 Å². The van der Waals surface area contributed by atoms with Crippen molar-refractivity contribution in [3.8, 4) is 0 Å². The van der Waals surface area contributed by atoms with E-state index in [-0.39, 0.29) is 5.54 Å². The van der Waals surface area contributed by atoms with E-state index in [0.717, 1.165) is 13.0 Å². The first kappa shape index (κ1) is 19.2. The number of aromatic nitrogens is 1. The third-order valence-corrected chi connectivity index (χ3v) is 6.73. The van der Waals surface area contributed by atoms with Crippen molar-refractivity contribution in [2.24, 2.45) is 0 Å². The number of nitrogens with zero attached hydrogens (tertiary/aromatic N) is 1. The summed E-state index contributed by atoms with van der Waals surface area (Å²) < 4.78 is 0. The summed E-state index contributed by atoms with van der Waals surface area (Å²) in [7, 11) is 4.47. The number of aryl methyl sites for hydroxylation is 1. The van der Waals surface area contributed by atoms with Gasteiger partial charge in [0, 0.05) is 28.7 Å². The van der Waals surface area contributed by atoms with E-state index in [0.29, 0.717) is 6.04 Å². The van der Waals surface area contributed by atoms with Crippen molar-refractivity contribution in [3.05, 3.63) is 71.4 Å². The fourth-order valence-corrected chi connectivity index (χ4v) is 4.95. The van der Waals surface area contributed by atoms with Gasteiger partial charge >= 0.3 is 0 Å². The number of aromatic amines is 1. The Morgan fingerprint density at radius 3 is 2.54 bits per heavy atom. The van der Waals surface area contributed by atoms with Gasteiger partial charge in [0.05, 0.1) is 0 Å². The molecule has 148 valence electrons. The smallest absolute Gasteiger partial charge is 0.0456 e. The van der Waals surface area contributed by atoms with Gasteiger partial charge in [0.2, 0.25) is 0 Å². The van der Waals surface area contributed by atoms with E-state index < -0.39 is 0 Å². The minimum atomic E-state index is 0.188. The van der Waals surface area contributed by atoms with E-state index >= 15 is 0 Å². The Morgan fingerprint density at radius 2 is 1.82 bits per heavy atom. The van der Waals surface area contributed by atoms with Gasteiger partial charge in [-0.3, -0.25) is 4.90 Å². The van der Waals surface area contributed by atoms with Crippen molar-refractivity contribution in [3.63, 3.8) is 0 Å². The number of fused-ring (bicyclic) bond motifs is 1. The molecule has 0 aliphatic heterocycles. The summed E-state index contributed by atoms with van der Waals surface area (Å²) in [6, 6.07) is 18.4. The molecule has 1 heterocycles. The molecule has 1 fully saturated rings. The zero-order valence-electron chi connectivity index (χ0n) is 17.5. The zero-order chi connectivity index (χ0) is 19.6. The van der Waals surface area contributed by atoms with Gasteiger partial charge in [0.25, 0.3) is 0 Å². The Kier molecular flexibility index (Phi) is 5.56. The zero-order valence-corrected chi connectivity index (χ0v) is 17.5. The summed E-state index contributed by atoms with van der Waals surface area (Å²) in [4.78, 5) is 5.85. The lowest BCUT2D eigenvalue weighted by atomic mass is 9.74. The third-order valence-electron chi connectivity index (χ3n) is 6.73. The van der Waals surface area contributed by atoms with Crippen LogP contribution >= 0.6 is 0 Å². The Hall–Kier alpha value is -2.10. The molecule has 3 aromatic rings. The van der Waals surface area contributed by atoms with Crippen LogP contribution in [-0.4, -0.2) is 36.6 Å². The number of hydrogen-bond donors (Lipinski definition) is 2. The molecule has 0 saturated heterocycles. The van der Waals surface area contributed by atoms with Gasteiger partial charge in [-0.2, -0.15) is 0 Å². The van der Waals surface area contributed by atoms with E-state index in [9.17, 15) is 0 Å². The highest BCUT2D eigenvalue weighted by atomic mass is 15.1. The van der Waals surface area contributed by atoms with E-state index in [1.54, 1.807) is 0 Å². The summed E-state index contributed by atoms with van der Waals surface area (Å²) in [5.41, 5.74) is 5.65. The van der Waals surface area contributed by atoms with Crippen molar-refractivity contribution >= 4 is 10.9 Å². The average Bonchev–Trinajstić information content (AvgIpc) is 3.11. The quantitative estimate of drug-likeness (QED) is 0.635. The summed E-state index contributed by atoms with van der Waals surface area (Å²) in [6.07, 6.45) is 8.17. The lowest BCUT2D eigenvalue weighted by Crippen LogP contribution is -2.48. The molecule has 0 atom stereocenters. The van der Waals surface area contributed by atoms with E-state index in [4.69, 9.17) is 0 Å². The molecule has 28 heavy (non-hydrogen) atoms. The molecule has 3 heteroatoms. The van der Waals surface area contributed by atoms with Crippen LogP contribution in [0.15, 0.2) is 54.7 Å². The molecule has 1 saturated carbocycles. The molecule has 3 nitrogen and oxygen atoms in total. The largest absolute Gasteiger partial charge is 0.361 e. The number of benzene rings is 2. The normalized spacial score (nSPS) is 22.8. The van der Waals surface area contributed by atoms with Crippen molar-refractivity contribution in [2.75, 3.05) is 20.6 Å². The van der Waals surface area contributed by atoms with Crippen LogP contribution in [-0.2, 0) is 12.0 Å². The molecule has 2 N–H and O–H groups in total. The first-order valence-corrected chi connectivity index (χ1v) is 10.6. The fraction of sp³-hybridized carbons (Fsp3) is 0.440. The van der Waals surface area contributed by atoms with Crippen LogP contribution in [0.25, 0.3) is 10.9 Å². The van der Waals surface area contributed by atoms with E-state index in [1.165, 1.54) is 53.3 Å². The van der Waals surface area contributed by atoms with Gasteiger partial charge in [-0.25, -0.2) is 0 Å². The van der Waals surface area contributed by atoms with E-state index in [2.05, 4.69) is 90.9 Å². The third kappa shape index (κ3) is 3.74. The van der Waals surface area contributed by atoms with Gasteiger partial charge < -0.3 is 10.3 Å². The topological polar surface area (TPSA) is 31.1 Å². The van der Waals surface area contributed by atoms with Gasteiger partial charge in [0.15, 0.2) is 0 Å². The number of hydrogen-bond acceptors (Lipinski definition) is 2. The first-order chi connectivity index (χ1) is 13.6. The highest BCUT2D eigenvalue weighted by molar-refractivity contribution is 5.83. The van der Waals surface area contributed by atoms with Gasteiger partial charge in [-0.15, -0.1) is 0 Å². The maximum atomic E-state index is 3.83. The van der Waals surface area contributed by atoms with Crippen LogP contribution in [0, 0.1) is 6.92 Å². The number of rotatable bonds is 6. The Bertz CT molecular complexity index is 902. The fourth-order valence-electron chi connectivity index (χ4n) is 4.95. The minimum Gasteiger partial charge on any atom is -0.361 e. The van der Waals surface area contributed by atoms with E-state index in [1.807, 2.05) is 0 Å². The molecule has 2 aromatic carbocycles. The second-order valence-electron chi connectivity index (χ2n) is 8.63. The highest BCUT2D eigenvalue weighted by Gasteiger charge is 2.38. The van der Waals surface area contributed by atoms with Crippen molar-refractivity contribution in [2.45, 2.75) is 50.6 Å². The van der Waals surface area contributed by atoms with Crippen molar-refractivity contribution in [1.29, 1.82) is 0 Å². The van der Waals surface area contributed by atoms with Crippen molar-refractivity contribution in [1.82, 2.24) is 15.2 Å². The van der Waals surface area contributed by atoms with Crippen LogP contribution in [0.5, 0.6) is 0 Å². The first-order valence-electron chi connectivity index (χ1n) is 10.6. The van der Waals surface area contributed by atoms with Crippen LogP contribution < -0.4 is 5.32 Å². The number of H-pyrrole nitrogens is 1. The maximum absolute atomic E-state index is 3.83. The average molecular weight is 376 g/mol. The minimum absolute atomic E-state index is 0.188. The lowest BCUT2D eigenvalue weighted by Gasteiger charge is -2.45. The molecular weight excluding hydrogens is 342 g/mol. The highest BCUT2D eigenvalue weighted by Crippen LogP contribution is 2.41. The second-order valence-corrected chi connectivity index (χ2v) is 8.63. The molecule has 4 rings (SSSR count). The van der Waals surface area contributed by atoms with Crippen LogP contribution in [0.4, 0.5) is 0 Å². The Balaban J connectivity index is 1.35. The SMILES string of the molecule is Cc1ccc2[nH]cc(CCNC3CCC(c4ccccc4)(N(C)C)CC3)c2c1. The molecule has 1 aromatic heterocycles. The Labute approximate surface area is 169 Å². The summed E-state index contributed by atoms with van der Waals surface area (Å²) in [5, 5.41) is 5.21. The number of nitrogens with one attached hydrogen (secondary N) is 2. The molecule has 1 aliphatic rings. The van der Waals surface area contributed by atoms with Crippen LogP contribution in [0.1, 0.15) is 42.4 Å². The van der Waals surface area contributed by atoms with Crippen LogP contribution in [0.3, 0.4) is 0 Å². The van der Waals surface area contributed by atoms with Crippen LogP contribution in [0.2, 0.25) is 0 Å². The molecule has 0 radical (unpaired) electrons. The summed E-state index contributed by atoms with van der Waals surface area (Å²) in [6.45, 7) is 3.21. The lowest BCUT2D eigenvalue weighted by molar-refractivity contribution is 0.0858. The Morgan fingerprint density at radius 1 is 1.07 bits per heavy atom. The predicted octanol–water partition coefficient (Wildman–Crippen LogP) is 5.01. The molecule has 1 aliphatic carbocycles. The molecule has 0 spiro atoms. The maximum Gasteiger partial charge on any atom is 0.0456 e. The molecule has 0 bridgehead atoms. The summed E-state index contributed by atoms with van der Waals surface area (Å²) in [5.74, 6) is 0. The van der Waals surface area contributed by atoms with Crippen molar-refractivity contribution < 1.29 is 0 Å². The van der Waals surface area contributed by atoms with Gasteiger partial charge in [0.1, 0.15) is 0 Å². The summed E-state index contributed by atoms with van der Waals surface area (Å²) >= 11 is 0. The second kappa shape index (κ2) is 8.10. The molecule has 0 unspecified atom stereocenters. The monoisotopic (exact) mass is 375 g/mol. The van der Waals surface area contributed by atoms with Gasteiger partial charge in [-0.1, -0.05) is 42.0 Å².